The monoisotopic (exact) mass is 1180 g/mol. The molecule has 0 aliphatic heterocycles. The maximum absolute atomic E-state index is 6.36. The third-order valence-corrected chi connectivity index (χ3v) is 22.3. The Morgan fingerprint density at radius 3 is 1.17 bits per heavy atom. The molecule has 0 fully saturated rings. The summed E-state index contributed by atoms with van der Waals surface area (Å²) in [6, 6.07) is 91.7. The number of fused-ring (bicyclic) bond motifs is 20. The molecule has 0 bridgehead atoms. The highest BCUT2D eigenvalue weighted by atomic mass is 32.1. The van der Waals surface area contributed by atoms with Gasteiger partial charge >= 0.3 is 0 Å². The molecule has 0 N–H and O–H groups in total. The van der Waals surface area contributed by atoms with Crippen molar-refractivity contribution in [1.82, 2.24) is 0 Å². The lowest BCUT2D eigenvalue weighted by Gasteiger charge is -2.49. The van der Waals surface area contributed by atoms with Gasteiger partial charge in [-0.25, -0.2) is 0 Å². The zero-order chi connectivity index (χ0) is 61.0. The summed E-state index contributed by atoms with van der Waals surface area (Å²) in [7, 11) is 0. The van der Waals surface area contributed by atoms with E-state index in [9.17, 15) is 0 Å². The summed E-state index contributed by atoms with van der Waals surface area (Å²) in [4.78, 5) is 4.76. The Labute approximate surface area is 527 Å². The molecule has 6 heteroatoms. The van der Waals surface area contributed by atoms with Crippen LogP contribution in [0, 0.1) is 0 Å². The van der Waals surface area contributed by atoms with Crippen molar-refractivity contribution in [1.29, 1.82) is 0 Å². The molecule has 0 saturated carbocycles. The van der Waals surface area contributed by atoms with E-state index in [1.54, 1.807) is 0 Å². The van der Waals surface area contributed by atoms with E-state index in [1.165, 1.54) is 91.9 Å². The van der Waals surface area contributed by atoms with Crippen LogP contribution in [-0.4, -0.2) is 0 Å². The normalized spacial score (nSPS) is 15.0. The summed E-state index contributed by atoms with van der Waals surface area (Å²) in [5, 5.41) is 9.75. The average molecular weight is 1180 g/mol. The van der Waals surface area contributed by atoms with Crippen LogP contribution in [0.1, 0.15) is 77.6 Å². The van der Waals surface area contributed by atoms with E-state index in [1.807, 2.05) is 29.5 Å². The van der Waals surface area contributed by atoms with E-state index in [2.05, 4.69) is 302 Å². The summed E-state index contributed by atoms with van der Waals surface area (Å²) in [5.74, 6) is 0. The molecule has 2 aliphatic carbocycles. The van der Waals surface area contributed by atoms with E-state index in [0.717, 1.165) is 72.7 Å². The maximum atomic E-state index is 6.36. The molecule has 0 saturated heterocycles. The summed E-state index contributed by atoms with van der Waals surface area (Å²) in [6.07, 6.45) is 0. The lowest BCUT2D eigenvalue weighted by Crippen LogP contribution is -2.43. The second kappa shape index (κ2) is 19.7. The van der Waals surface area contributed by atoms with Gasteiger partial charge in [0.05, 0.1) is 0 Å². The molecule has 0 radical (unpaired) electrons. The molecule has 0 unspecified atom stereocenters. The Kier molecular flexibility index (Phi) is 11.8. The molecule has 2 aliphatic rings. The Hall–Kier alpha value is -10.1. The van der Waals surface area contributed by atoms with Crippen molar-refractivity contribution in [2.24, 2.45) is 0 Å². The molecule has 18 rings (SSSR count). The SMILES string of the molecule is CC1(C)c2cc(N(c3ccccc3)c3ccc4c(c3)oc3ccccc34)ccc2-c2ccc3oc4ccccc4c3c2C1(C)C.CC1(C)c2cc(N(c3ccccc3)c3ccc4sc5ccccc5c4c3)ccc2-c2ccc3oc4ccccc4c3c2C1(C)C. The summed E-state index contributed by atoms with van der Waals surface area (Å²) < 4.78 is 21.7. The highest BCUT2D eigenvalue weighted by molar-refractivity contribution is 7.25. The zero-order valence-corrected chi connectivity index (χ0v) is 52.6. The molecule has 4 aromatic heterocycles. The Balaban J connectivity index is 0.000000139. The van der Waals surface area contributed by atoms with E-state index in [-0.39, 0.29) is 21.7 Å². The highest BCUT2D eigenvalue weighted by Crippen LogP contribution is 2.60. The lowest BCUT2D eigenvalue weighted by atomic mass is 9.55. The van der Waals surface area contributed by atoms with Crippen LogP contribution in [0.2, 0.25) is 0 Å². The van der Waals surface area contributed by atoms with Gasteiger partial charge in [-0.2, -0.15) is 0 Å². The first-order valence-electron chi connectivity index (χ1n) is 31.4. The van der Waals surface area contributed by atoms with Gasteiger partial charge in [-0.3, -0.25) is 0 Å². The minimum absolute atomic E-state index is 0.159. The molecular weight excluding hydrogens is 1120 g/mol. The van der Waals surface area contributed by atoms with Gasteiger partial charge in [0.15, 0.2) is 0 Å². The summed E-state index contributed by atoms with van der Waals surface area (Å²) >= 11 is 1.86. The van der Waals surface area contributed by atoms with Crippen molar-refractivity contribution in [3.63, 3.8) is 0 Å². The van der Waals surface area contributed by atoms with E-state index >= 15 is 0 Å². The first-order valence-corrected chi connectivity index (χ1v) is 32.2. The van der Waals surface area contributed by atoms with Crippen molar-refractivity contribution in [2.45, 2.75) is 77.0 Å². The van der Waals surface area contributed by atoms with Crippen LogP contribution >= 0.6 is 11.3 Å². The van der Waals surface area contributed by atoms with E-state index in [0.29, 0.717) is 0 Å². The number of nitrogens with zero attached hydrogens (tertiary/aromatic N) is 2. The predicted molar refractivity (Wildman–Crippen MR) is 380 cm³/mol. The standard InChI is InChI=1S/C42H33NO2.C42H33NOS/c1-41(2)34-24-27(18-20-29(34)32-22-23-37-39(40(32)42(41,3)4)33-15-9-11-17-36(33)44-37)43(26-12-6-5-7-13-26)28-19-21-31-30-14-8-10-16-35(30)45-38(31)25-28;1-41(2)34-25-28(18-20-29(34)31-21-22-36-39(40(31)42(41,3)4)32-15-8-10-16-35(32)44-36)43(26-12-6-5-7-13-26)27-19-23-38-33(24-27)30-14-9-11-17-37(30)45-38/h2*5-25H,1-4H3. The van der Waals surface area contributed by atoms with Crippen LogP contribution in [0.15, 0.2) is 268 Å². The number of para-hydroxylation sites is 5. The molecule has 12 aromatic carbocycles. The molecule has 0 amide bonds. The molecule has 436 valence electrons. The first kappa shape index (κ1) is 54.0. The zero-order valence-electron chi connectivity index (χ0n) is 51.8. The molecule has 90 heavy (non-hydrogen) atoms. The smallest absolute Gasteiger partial charge is 0.137 e. The van der Waals surface area contributed by atoms with E-state index < -0.39 is 0 Å². The minimum atomic E-state index is -0.178. The van der Waals surface area contributed by atoms with Crippen LogP contribution in [-0.2, 0) is 21.7 Å². The number of thiophene rings is 1. The third kappa shape index (κ3) is 7.86. The van der Waals surface area contributed by atoms with Crippen LogP contribution in [0.3, 0.4) is 0 Å². The largest absolute Gasteiger partial charge is 0.456 e. The number of rotatable bonds is 6. The van der Waals surface area contributed by atoms with Crippen LogP contribution in [0.4, 0.5) is 34.1 Å². The summed E-state index contributed by atoms with van der Waals surface area (Å²) in [5.41, 5.74) is 22.3. The summed E-state index contributed by atoms with van der Waals surface area (Å²) in [6.45, 7) is 19.2. The first-order chi connectivity index (χ1) is 43.7. The molecule has 0 atom stereocenters. The lowest BCUT2D eigenvalue weighted by molar-refractivity contribution is 0.301. The molecule has 0 spiro atoms. The van der Waals surface area contributed by atoms with Gasteiger partial charge in [-0.15, -0.1) is 11.3 Å². The van der Waals surface area contributed by atoms with Gasteiger partial charge in [0.1, 0.15) is 33.5 Å². The van der Waals surface area contributed by atoms with Crippen molar-refractivity contribution in [2.75, 3.05) is 9.80 Å². The fourth-order valence-electron chi connectivity index (χ4n) is 15.3. The Bertz CT molecular complexity index is 5570. The van der Waals surface area contributed by atoms with E-state index in [4.69, 9.17) is 13.3 Å². The van der Waals surface area contributed by atoms with Gasteiger partial charge in [0.2, 0.25) is 0 Å². The topological polar surface area (TPSA) is 45.9 Å². The van der Waals surface area contributed by atoms with Crippen LogP contribution < -0.4 is 9.80 Å². The fraction of sp³-hybridized carbons (Fsp3) is 0.143. The quantitative estimate of drug-likeness (QED) is 0.166. The maximum Gasteiger partial charge on any atom is 0.137 e. The fourth-order valence-corrected chi connectivity index (χ4v) is 16.4. The van der Waals surface area contributed by atoms with Crippen molar-refractivity contribution < 1.29 is 13.3 Å². The predicted octanol–water partition coefficient (Wildman–Crippen LogP) is 24.9. The Morgan fingerprint density at radius 2 is 0.633 bits per heavy atom. The number of hydrogen-bond acceptors (Lipinski definition) is 6. The number of anilines is 6. The second-order valence-electron chi connectivity index (χ2n) is 26.8. The molecule has 5 nitrogen and oxygen atoms in total. The minimum Gasteiger partial charge on any atom is -0.456 e. The second-order valence-corrected chi connectivity index (χ2v) is 27.9. The van der Waals surface area contributed by atoms with Crippen molar-refractivity contribution in [3.8, 4) is 22.3 Å². The highest BCUT2D eigenvalue weighted by Gasteiger charge is 2.49. The van der Waals surface area contributed by atoms with Crippen molar-refractivity contribution in [3.05, 3.63) is 277 Å². The van der Waals surface area contributed by atoms with Gasteiger partial charge in [-0.05, 0) is 171 Å². The van der Waals surface area contributed by atoms with Crippen molar-refractivity contribution >= 4 is 131 Å². The molecule has 4 heterocycles. The third-order valence-electron chi connectivity index (χ3n) is 21.2. The number of benzene rings is 12. The Morgan fingerprint density at radius 1 is 0.256 bits per heavy atom. The number of hydrogen-bond donors (Lipinski definition) is 0. The van der Waals surface area contributed by atoms with Gasteiger partial charge in [0.25, 0.3) is 0 Å². The average Bonchev–Trinajstić information content (AvgIpc) is 1.11. The molecule has 16 aromatic rings. The van der Waals surface area contributed by atoms with Crippen LogP contribution in [0.25, 0.3) is 108 Å². The van der Waals surface area contributed by atoms with Gasteiger partial charge < -0.3 is 23.1 Å². The number of furan rings is 3. The van der Waals surface area contributed by atoms with Gasteiger partial charge in [-0.1, -0.05) is 189 Å². The van der Waals surface area contributed by atoms with Gasteiger partial charge in [0, 0.05) is 104 Å². The molecular formula is C84H66N2O3S. The van der Waals surface area contributed by atoms with Crippen LogP contribution in [0.5, 0.6) is 0 Å².